The van der Waals surface area contributed by atoms with E-state index in [1.54, 1.807) is 35.1 Å². The van der Waals surface area contributed by atoms with E-state index in [2.05, 4.69) is 32.3 Å². The van der Waals surface area contributed by atoms with Crippen LogP contribution in [0.2, 0.25) is 0 Å². The van der Waals surface area contributed by atoms with E-state index in [1.165, 1.54) is 16.8 Å². The molecule has 4 aromatic rings. The summed E-state index contributed by atoms with van der Waals surface area (Å²) in [4.78, 5) is 22.1. The molecule has 3 aromatic heterocycles. The van der Waals surface area contributed by atoms with E-state index in [-0.39, 0.29) is 16.6 Å². The third-order valence-corrected chi connectivity index (χ3v) is 8.10. The number of nitrogens with zero attached hydrogens (tertiary/aromatic N) is 5. The lowest BCUT2D eigenvalue weighted by Gasteiger charge is -2.34. The van der Waals surface area contributed by atoms with Gasteiger partial charge in [-0.3, -0.25) is 9.69 Å². The molecule has 4 heterocycles. The Morgan fingerprint density at radius 3 is 2.50 bits per heavy atom. The number of amides is 1. The molecule has 0 saturated carbocycles. The maximum Gasteiger partial charge on any atom is 0.246 e. The number of rotatable bonds is 6. The molecule has 1 fully saturated rings. The molecule has 0 aliphatic carbocycles. The highest BCUT2D eigenvalue weighted by molar-refractivity contribution is 7.89. The summed E-state index contributed by atoms with van der Waals surface area (Å²) in [5.74, 6) is 0.198. The zero-order valence-corrected chi connectivity index (χ0v) is 20.6. The monoisotopic (exact) mass is 505 g/mol. The van der Waals surface area contributed by atoms with Crippen LogP contribution in [0.25, 0.3) is 16.8 Å². The van der Waals surface area contributed by atoms with Gasteiger partial charge in [0.15, 0.2) is 5.82 Å². The molecule has 5 rings (SSSR count). The second-order valence-electron chi connectivity index (χ2n) is 8.76. The van der Waals surface area contributed by atoms with Crippen LogP contribution in [-0.4, -0.2) is 64.1 Å². The number of nitrogens with one attached hydrogen (secondary N) is 1. The van der Waals surface area contributed by atoms with Crippen LogP contribution >= 0.6 is 0 Å². The van der Waals surface area contributed by atoms with E-state index in [9.17, 15) is 13.2 Å². The number of benzene rings is 1. The lowest BCUT2D eigenvalue weighted by molar-refractivity contribution is -0.114. The molecular weight excluding hydrogens is 478 g/mol. The Morgan fingerprint density at radius 2 is 1.78 bits per heavy atom. The first-order chi connectivity index (χ1) is 17.3. The second kappa shape index (κ2) is 9.69. The van der Waals surface area contributed by atoms with E-state index >= 15 is 0 Å². The third-order valence-electron chi connectivity index (χ3n) is 6.17. The lowest BCUT2D eigenvalue weighted by atomic mass is 10.1. The van der Waals surface area contributed by atoms with E-state index in [0.29, 0.717) is 43.2 Å². The highest BCUT2D eigenvalue weighted by atomic mass is 32.2. The van der Waals surface area contributed by atoms with Crippen LogP contribution in [0.4, 0.5) is 11.6 Å². The summed E-state index contributed by atoms with van der Waals surface area (Å²) in [6.07, 6.45) is 5.05. The van der Waals surface area contributed by atoms with Gasteiger partial charge in [0.25, 0.3) is 0 Å². The van der Waals surface area contributed by atoms with Gasteiger partial charge in [-0.05, 0) is 23.8 Å². The van der Waals surface area contributed by atoms with Crippen molar-refractivity contribution < 1.29 is 13.2 Å². The SMILES string of the molecule is CC(=O)Nc1cn2cc(-c3cnc(N)c(S(=O)(=O)N4CCN(Cc5ccccc5)CC4)c3)ccc2n1. The fraction of sp³-hybridized carbons (Fsp3) is 0.240. The number of nitrogen functional groups attached to an aromatic ring is 1. The minimum Gasteiger partial charge on any atom is -0.383 e. The van der Waals surface area contributed by atoms with E-state index in [1.807, 2.05) is 24.3 Å². The van der Waals surface area contributed by atoms with Crippen LogP contribution in [-0.2, 0) is 21.4 Å². The quantitative estimate of drug-likeness (QED) is 0.412. The van der Waals surface area contributed by atoms with Crippen LogP contribution < -0.4 is 11.1 Å². The number of hydrogen-bond donors (Lipinski definition) is 2. The molecule has 1 aliphatic heterocycles. The van der Waals surface area contributed by atoms with Crippen molar-refractivity contribution in [3.8, 4) is 11.1 Å². The highest BCUT2D eigenvalue weighted by Gasteiger charge is 2.31. The van der Waals surface area contributed by atoms with Gasteiger partial charge < -0.3 is 15.5 Å². The summed E-state index contributed by atoms with van der Waals surface area (Å²) in [5.41, 5.74) is 9.25. The van der Waals surface area contributed by atoms with E-state index in [0.717, 1.165) is 12.1 Å². The number of sulfonamides is 1. The molecule has 3 N–H and O–H groups in total. The normalized spacial score (nSPS) is 15.2. The molecule has 10 nitrogen and oxygen atoms in total. The molecule has 186 valence electrons. The number of piperazine rings is 1. The number of imidazole rings is 1. The summed E-state index contributed by atoms with van der Waals surface area (Å²) in [6.45, 7) is 4.23. The molecule has 36 heavy (non-hydrogen) atoms. The summed E-state index contributed by atoms with van der Waals surface area (Å²) in [5, 5.41) is 2.65. The average Bonchev–Trinajstić information content (AvgIpc) is 3.26. The average molecular weight is 506 g/mol. The first kappa shape index (κ1) is 23.9. The van der Waals surface area contributed by atoms with Gasteiger partial charge in [-0.15, -0.1) is 0 Å². The summed E-state index contributed by atoms with van der Waals surface area (Å²) >= 11 is 0. The van der Waals surface area contributed by atoms with Crippen LogP contribution in [0.5, 0.6) is 0 Å². The summed E-state index contributed by atoms with van der Waals surface area (Å²) in [6, 6.07) is 15.3. The Labute approximate surface area is 209 Å². The molecule has 0 spiro atoms. The fourth-order valence-corrected chi connectivity index (χ4v) is 5.85. The van der Waals surface area contributed by atoms with Crippen molar-refractivity contribution in [2.75, 3.05) is 37.2 Å². The molecule has 1 saturated heterocycles. The largest absolute Gasteiger partial charge is 0.383 e. The molecule has 11 heteroatoms. The van der Waals surface area contributed by atoms with Gasteiger partial charge in [0.2, 0.25) is 15.9 Å². The Morgan fingerprint density at radius 1 is 1.03 bits per heavy atom. The molecule has 0 unspecified atom stereocenters. The predicted molar refractivity (Wildman–Crippen MR) is 138 cm³/mol. The Hall–Kier alpha value is -3.80. The maximum absolute atomic E-state index is 13.5. The zero-order chi connectivity index (χ0) is 25.3. The van der Waals surface area contributed by atoms with Crippen molar-refractivity contribution in [1.82, 2.24) is 23.6 Å². The van der Waals surface area contributed by atoms with Crippen LogP contribution in [0.1, 0.15) is 12.5 Å². The highest BCUT2D eigenvalue weighted by Crippen LogP contribution is 2.28. The molecule has 0 bridgehead atoms. The van der Waals surface area contributed by atoms with Crippen LogP contribution in [0.15, 0.2) is 72.0 Å². The van der Waals surface area contributed by atoms with Crippen molar-refractivity contribution >= 4 is 33.2 Å². The number of carbonyl (C=O) groups excluding carboxylic acids is 1. The van der Waals surface area contributed by atoms with Gasteiger partial charge in [-0.2, -0.15) is 4.31 Å². The fourth-order valence-electron chi connectivity index (χ4n) is 4.33. The molecule has 0 radical (unpaired) electrons. The first-order valence-electron chi connectivity index (χ1n) is 11.6. The molecular formula is C25H27N7O3S. The molecule has 0 atom stereocenters. The predicted octanol–water partition coefficient (Wildman–Crippen LogP) is 2.44. The van der Waals surface area contributed by atoms with Gasteiger partial charge in [0, 0.05) is 63.2 Å². The second-order valence-corrected chi connectivity index (χ2v) is 10.7. The zero-order valence-electron chi connectivity index (χ0n) is 19.8. The standard InChI is InChI=1S/C25H27N7O3S/c1-18(33)28-23-17-31-16-20(7-8-24(31)29-23)21-13-22(25(26)27-14-21)36(34,35)32-11-9-30(10-12-32)15-19-5-3-2-4-6-19/h2-8,13-14,16-17H,9-12,15H2,1H3,(H2,26,27)(H,28,33). The number of fused-ring (bicyclic) bond motifs is 1. The molecule has 1 aromatic carbocycles. The van der Waals surface area contributed by atoms with Crippen LogP contribution in [0, 0.1) is 0 Å². The Balaban J connectivity index is 1.36. The van der Waals surface area contributed by atoms with Gasteiger partial charge in [0.05, 0.1) is 6.20 Å². The van der Waals surface area contributed by atoms with Gasteiger partial charge in [-0.1, -0.05) is 30.3 Å². The Bertz CT molecular complexity index is 1510. The van der Waals surface area contributed by atoms with E-state index in [4.69, 9.17) is 5.73 Å². The van der Waals surface area contributed by atoms with Crippen LogP contribution in [0.3, 0.4) is 0 Å². The van der Waals surface area contributed by atoms with Gasteiger partial charge in [-0.25, -0.2) is 18.4 Å². The van der Waals surface area contributed by atoms with Crippen molar-refractivity contribution in [2.24, 2.45) is 0 Å². The van der Waals surface area contributed by atoms with Crippen molar-refractivity contribution in [1.29, 1.82) is 0 Å². The minimum atomic E-state index is -3.82. The van der Waals surface area contributed by atoms with Crippen molar-refractivity contribution in [3.63, 3.8) is 0 Å². The lowest BCUT2D eigenvalue weighted by Crippen LogP contribution is -2.48. The van der Waals surface area contributed by atoms with Gasteiger partial charge >= 0.3 is 0 Å². The van der Waals surface area contributed by atoms with E-state index < -0.39 is 10.0 Å². The smallest absolute Gasteiger partial charge is 0.246 e. The first-order valence-corrected chi connectivity index (χ1v) is 13.0. The number of aromatic nitrogens is 3. The maximum atomic E-state index is 13.5. The summed E-state index contributed by atoms with van der Waals surface area (Å²) < 4.78 is 30.3. The number of pyridine rings is 2. The summed E-state index contributed by atoms with van der Waals surface area (Å²) in [7, 11) is -3.82. The number of nitrogens with two attached hydrogens (primary N) is 1. The minimum absolute atomic E-state index is 0.00109. The van der Waals surface area contributed by atoms with Crippen molar-refractivity contribution in [2.45, 2.75) is 18.4 Å². The van der Waals surface area contributed by atoms with Gasteiger partial charge in [0.1, 0.15) is 16.4 Å². The van der Waals surface area contributed by atoms with Crippen molar-refractivity contribution in [3.05, 3.63) is 72.7 Å². The number of hydrogen-bond acceptors (Lipinski definition) is 7. The number of anilines is 2. The topological polar surface area (TPSA) is 126 Å². The number of carbonyl (C=O) groups is 1. The molecule has 1 aliphatic rings. The third kappa shape index (κ3) is 4.94. The Kier molecular flexibility index (Phi) is 6.44. The molecule has 1 amide bonds.